The molecule has 88 valence electrons. The molecule has 15 heavy (non-hydrogen) atoms. The maximum absolute atomic E-state index is 11.5. The first-order valence-electron chi connectivity index (χ1n) is 5.77. The predicted molar refractivity (Wildman–Crippen MR) is 60.8 cm³/mol. The van der Waals surface area contributed by atoms with Crippen LogP contribution in [0.4, 0.5) is 0 Å². The van der Waals surface area contributed by atoms with Gasteiger partial charge in [-0.05, 0) is 31.2 Å². The maximum atomic E-state index is 11.5. The highest BCUT2D eigenvalue weighted by molar-refractivity contribution is 5.79. The van der Waals surface area contributed by atoms with Gasteiger partial charge in [-0.15, -0.1) is 0 Å². The third kappa shape index (κ3) is 2.17. The zero-order valence-corrected chi connectivity index (χ0v) is 10.3. The molecular formula is C12H23NO2. The Kier molecular flexibility index (Phi) is 3.44. The van der Waals surface area contributed by atoms with Crippen molar-refractivity contribution in [1.82, 2.24) is 5.32 Å². The lowest BCUT2D eigenvalue weighted by atomic mass is 9.62. The van der Waals surface area contributed by atoms with Gasteiger partial charge in [-0.2, -0.15) is 0 Å². The molecule has 1 aliphatic carbocycles. The van der Waals surface area contributed by atoms with Crippen LogP contribution in [0.3, 0.4) is 0 Å². The second-order valence-electron chi connectivity index (χ2n) is 5.69. The number of hydrogen-bond donors (Lipinski definition) is 2. The van der Waals surface area contributed by atoms with Crippen LogP contribution in [0.25, 0.3) is 0 Å². The lowest BCUT2D eigenvalue weighted by Crippen LogP contribution is -2.60. The molecule has 3 nitrogen and oxygen atoms in total. The molecule has 0 heterocycles. The molecule has 1 saturated carbocycles. The summed E-state index contributed by atoms with van der Waals surface area (Å²) in [6.07, 6.45) is 3.93. The van der Waals surface area contributed by atoms with E-state index in [0.717, 1.165) is 25.7 Å². The van der Waals surface area contributed by atoms with Crippen molar-refractivity contribution in [3.63, 3.8) is 0 Å². The van der Waals surface area contributed by atoms with Gasteiger partial charge in [0.15, 0.2) is 0 Å². The van der Waals surface area contributed by atoms with Crippen LogP contribution in [0.1, 0.15) is 46.5 Å². The third-order valence-electron chi connectivity index (χ3n) is 3.78. The zero-order valence-electron chi connectivity index (χ0n) is 10.3. The van der Waals surface area contributed by atoms with Crippen molar-refractivity contribution in [2.75, 3.05) is 7.05 Å². The van der Waals surface area contributed by atoms with E-state index in [1.807, 2.05) is 0 Å². The number of likely N-dealkylation sites (N-methyl/N-ethyl adjacent to an activating group) is 1. The summed E-state index contributed by atoms with van der Waals surface area (Å²) < 4.78 is 0. The summed E-state index contributed by atoms with van der Waals surface area (Å²) in [7, 11) is 1.78. The molecular weight excluding hydrogens is 190 g/mol. The fourth-order valence-electron chi connectivity index (χ4n) is 3.01. The van der Waals surface area contributed by atoms with Crippen molar-refractivity contribution >= 4 is 5.97 Å². The molecule has 0 amide bonds. The van der Waals surface area contributed by atoms with E-state index >= 15 is 0 Å². The Morgan fingerprint density at radius 3 is 2.33 bits per heavy atom. The van der Waals surface area contributed by atoms with Gasteiger partial charge in [-0.25, -0.2) is 0 Å². The highest BCUT2D eigenvalue weighted by Gasteiger charge is 2.50. The van der Waals surface area contributed by atoms with E-state index < -0.39 is 11.5 Å². The Morgan fingerprint density at radius 2 is 2.00 bits per heavy atom. The molecule has 0 aromatic carbocycles. The number of aliphatic carboxylic acids is 1. The van der Waals surface area contributed by atoms with Gasteiger partial charge in [0.1, 0.15) is 5.54 Å². The zero-order chi connectivity index (χ0) is 11.7. The van der Waals surface area contributed by atoms with Gasteiger partial charge in [0, 0.05) is 0 Å². The van der Waals surface area contributed by atoms with E-state index in [9.17, 15) is 9.90 Å². The number of carboxylic acid groups (broad SMARTS) is 1. The summed E-state index contributed by atoms with van der Waals surface area (Å²) in [6.45, 7) is 6.41. The first kappa shape index (κ1) is 12.5. The second kappa shape index (κ2) is 4.12. The van der Waals surface area contributed by atoms with Crippen LogP contribution in [-0.2, 0) is 4.79 Å². The van der Waals surface area contributed by atoms with Gasteiger partial charge < -0.3 is 10.4 Å². The van der Waals surface area contributed by atoms with Crippen LogP contribution in [0.2, 0.25) is 0 Å². The smallest absolute Gasteiger partial charge is 0.324 e. The van der Waals surface area contributed by atoms with Crippen LogP contribution < -0.4 is 5.32 Å². The summed E-state index contributed by atoms with van der Waals surface area (Å²) in [6, 6.07) is 0. The lowest BCUT2D eigenvalue weighted by molar-refractivity contribution is -0.152. The molecule has 0 saturated heterocycles. The van der Waals surface area contributed by atoms with Crippen molar-refractivity contribution in [3.8, 4) is 0 Å². The summed E-state index contributed by atoms with van der Waals surface area (Å²) in [5, 5.41) is 12.5. The molecule has 0 aromatic rings. The SMILES string of the molecule is CNC1(C(=O)O)CCCCC1C(C)(C)C. The first-order valence-corrected chi connectivity index (χ1v) is 5.77. The van der Waals surface area contributed by atoms with Gasteiger partial charge in [0.05, 0.1) is 0 Å². The summed E-state index contributed by atoms with van der Waals surface area (Å²) in [5.41, 5.74) is -0.668. The van der Waals surface area contributed by atoms with Crippen molar-refractivity contribution < 1.29 is 9.90 Å². The van der Waals surface area contributed by atoms with E-state index in [2.05, 4.69) is 26.1 Å². The van der Waals surface area contributed by atoms with Crippen LogP contribution in [-0.4, -0.2) is 23.7 Å². The molecule has 2 N–H and O–H groups in total. The first-order chi connectivity index (χ1) is 6.84. The quantitative estimate of drug-likeness (QED) is 0.739. The third-order valence-corrected chi connectivity index (χ3v) is 3.78. The minimum Gasteiger partial charge on any atom is -0.480 e. The molecule has 0 aliphatic heterocycles. The van der Waals surface area contributed by atoms with E-state index in [-0.39, 0.29) is 11.3 Å². The van der Waals surface area contributed by atoms with Gasteiger partial charge in [0.2, 0.25) is 0 Å². The van der Waals surface area contributed by atoms with Gasteiger partial charge >= 0.3 is 5.97 Å². The molecule has 1 rings (SSSR count). The standard InChI is InChI=1S/C12H23NO2/c1-11(2,3)9-7-5-6-8-12(9,13-4)10(14)15/h9,13H,5-8H2,1-4H3,(H,14,15). The maximum Gasteiger partial charge on any atom is 0.324 e. The molecule has 0 radical (unpaired) electrons. The van der Waals surface area contributed by atoms with E-state index in [4.69, 9.17) is 0 Å². The van der Waals surface area contributed by atoms with Gasteiger partial charge in [0.25, 0.3) is 0 Å². The Balaban J connectivity index is 3.04. The molecule has 1 fully saturated rings. The van der Waals surface area contributed by atoms with Crippen LogP contribution in [0.15, 0.2) is 0 Å². The Labute approximate surface area is 92.3 Å². The molecule has 0 bridgehead atoms. The fraction of sp³-hybridized carbons (Fsp3) is 0.917. The number of carboxylic acids is 1. The number of rotatable bonds is 2. The van der Waals surface area contributed by atoms with Gasteiger partial charge in [-0.1, -0.05) is 33.6 Å². The predicted octanol–water partition coefficient (Wildman–Crippen LogP) is 2.27. The summed E-state index contributed by atoms with van der Waals surface area (Å²) in [5.74, 6) is -0.481. The number of hydrogen-bond acceptors (Lipinski definition) is 2. The normalized spacial score (nSPS) is 32.7. The van der Waals surface area contributed by atoms with Crippen molar-refractivity contribution in [1.29, 1.82) is 0 Å². The molecule has 2 atom stereocenters. The van der Waals surface area contributed by atoms with Gasteiger partial charge in [-0.3, -0.25) is 4.79 Å². The highest BCUT2D eigenvalue weighted by Crippen LogP contribution is 2.44. The second-order valence-corrected chi connectivity index (χ2v) is 5.69. The van der Waals surface area contributed by atoms with E-state index in [1.54, 1.807) is 7.05 Å². The molecule has 0 spiro atoms. The topological polar surface area (TPSA) is 49.3 Å². The van der Waals surface area contributed by atoms with Crippen molar-refractivity contribution in [2.45, 2.75) is 52.0 Å². The monoisotopic (exact) mass is 213 g/mol. The summed E-state index contributed by atoms with van der Waals surface area (Å²) >= 11 is 0. The van der Waals surface area contributed by atoms with Crippen LogP contribution >= 0.6 is 0 Å². The average molecular weight is 213 g/mol. The number of nitrogens with one attached hydrogen (secondary N) is 1. The largest absolute Gasteiger partial charge is 0.480 e. The molecule has 2 unspecified atom stereocenters. The Bertz CT molecular complexity index is 244. The van der Waals surface area contributed by atoms with Crippen molar-refractivity contribution in [2.24, 2.45) is 11.3 Å². The minimum absolute atomic E-state index is 0.0435. The lowest BCUT2D eigenvalue weighted by Gasteiger charge is -2.47. The number of carbonyl (C=O) groups is 1. The minimum atomic E-state index is -0.712. The highest BCUT2D eigenvalue weighted by atomic mass is 16.4. The summed E-state index contributed by atoms with van der Waals surface area (Å²) in [4.78, 5) is 11.5. The van der Waals surface area contributed by atoms with E-state index in [1.165, 1.54) is 0 Å². The molecule has 0 aromatic heterocycles. The van der Waals surface area contributed by atoms with Crippen LogP contribution in [0, 0.1) is 11.3 Å². The van der Waals surface area contributed by atoms with Crippen molar-refractivity contribution in [3.05, 3.63) is 0 Å². The van der Waals surface area contributed by atoms with Crippen LogP contribution in [0.5, 0.6) is 0 Å². The van der Waals surface area contributed by atoms with E-state index in [0.29, 0.717) is 0 Å². The Morgan fingerprint density at radius 1 is 1.40 bits per heavy atom. The molecule has 1 aliphatic rings. The fourth-order valence-corrected chi connectivity index (χ4v) is 3.01. The molecule has 3 heteroatoms. The Hall–Kier alpha value is -0.570. The average Bonchev–Trinajstić information content (AvgIpc) is 2.16.